The molecule has 0 N–H and O–H groups in total. The van der Waals surface area contributed by atoms with Gasteiger partial charge in [-0.1, -0.05) is 12.1 Å². The fraction of sp³-hybridized carbons (Fsp3) is 0.143. The molecule has 0 saturated heterocycles. The quantitative estimate of drug-likeness (QED) is 0.528. The van der Waals surface area contributed by atoms with Crippen molar-refractivity contribution in [2.75, 3.05) is 0 Å². The van der Waals surface area contributed by atoms with Gasteiger partial charge in [-0.3, -0.25) is 14.7 Å². The van der Waals surface area contributed by atoms with Crippen molar-refractivity contribution < 1.29 is 9.34 Å². The minimum atomic E-state index is -0.400. The van der Waals surface area contributed by atoms with E-state index in [0.29, 0.717) is 28.2 Å². The van der Waals surface area contributed by atoms with Gasteiger partial charge >= 0.3 is 0 Å². The van der Waals surface area contributed by atoms with Crippen LogP contribution in [0.5, 0.6) is 0 Å². The Balaban J connectivity index is 1.99. The average Bonchev–Trinajstić information content (AvgIpc) is 3.16. The Labute approximate surface area is 130 Å². The van der Waals surface area contributed by atoms with Gasteiger partial charge in [0.1, 0.15) is 0 Å². The second kappa shape index (κ2) is 6.02. The zero-order valence-corrected chi connectivity index (χ0v) is 12.5. The van der Waals surface area contributed by atoms with E-state index in [2.05, 4.69) is 10.2 Å². The maximum atomic E-state index is 11.1. The van der Waals surface area contributed by atoms with Gasteiger partial charge in [-0.25, -0.2) is 0 Å². The first kappa shape index (κ1) is 14.3. The molecule has 3 aromatic rings. The zero-order valence-electron chi connectivity index (χ0n) is 11.7. The third-order valence-electron chi connectivity index (χ3n) is 3.04. The number of rotatable bonds is 5. The Hall–Kier alpha value is -2.61. The van der Waals surface area contributed by atoms with Crippen molar-refractivity contribution in [3.63, 3.8) is 0 Å². The molecule has 7 nitrogen and oxygen atoms in total. The predicted molar refractivity (Wildman–Crippen MR) is 80.6 cm³/mol. The van der Waals surface area contributed by atoms with Crippen LogP contribution in [0.2, 0.25) is 0 Å². The lowest BCUT2D eigenvalue weighted by molar-refractivity contribution is -0.387. The molecule has 0 unspecified atom stereocenters. The Morgan fingerprint density at radius 3 is 2.77 bits per heavy atom. The molecule has 8 heteroatoms. The fourth-order valence-electron chi connectivity index (χ4n) is 2.03. The lowest BCUT2D eigenvalue weighted by Crippen LogP contribution is -1.99. The Morgan fingerprint density at radius 1 is 1.27 bits per heavy atom. The van der Waals surface area contributed by atoms with Crippen molar-refractivity contribution in [1.29, 1.82) is 0 Å². The molecule has 0 saturated carbocycles. The van der Waals surface area contributed by atoms with Crippen molar-refractivity contribution in [3.8, 4) is 11.6 Å². The SMILES string of the molecule is CCn1c(Sc2ccccc2[N+](=O)[O-])nnc1-c1ccco1. The molecule has 22 heavy (non-hydrogen) atoms. The minimum Gasteiger partial charge on any atom is -0.461 e. The maximum absolute atomic E-state index is 11.1. The van der Waals surface area contributed by atoms with Crippen LogP contribution >= 0.6 is 11.8 Å². The summed E-state index contributed by atoms with van der Waals surface area (Å²) in [5.41, 5.74) is 0.0534. The van der Waals surface area contributed by atoms with Crippen molar-refractivity contribution in [2.45, 2.75) is 23.5 Å². The number of furan rings is 1. The smallest absolute Gasteiger partial charge is 0.283 e. The highest BCUT2D eigenvalue weighted by molar-refractivity contribution is 7.99. The van der Waals surface area contributed by atoms with Gasteiger partial charge in [-0.05, 0) is 36.9 Å². The average molecular weight is 316 g/mol. The topological polar surface area (TPSA) is 87.0 Å². The van der Waals surface area contributed by atoms with Crippen molar-refractivity contribution in [2.24, 2.45) is 0 Å². The highest BCUT2D eigenvalue weighted by Gasteiger charge is 2.19. The Kier molecular flexibility index (Phi) is 3.92. The van der Waals surface area contributed by atoms with Crippen LogP contribution in [0, 0.1) is 10.1 Å². The molecule has 0 aliphatic rings. The summed E-state index contributed by atoms with van der Waals surface area (Å²) in [6, 6.07) is 10.2. The molecule has 0 atom stereocenters. The second-order valence-corrected chi connectivity index (χ2v) is 5.36. The fourth-order valence-corrected chi connectivity index (χ4v) is 3.03. The molecule has 2 aromatic heterocycles. The molecule has 0 spiro atoms. The lowest BCUT2D eigenvalue weighted by Gasteiger charge is -2.06. The summed E-state index contributed by atoms with van der Waals surface area (Å²) in [7, 11) is 0. The first-order valence-electron chi connectivity index (χ1n) is 6.59. The van der Waals surface area contributed by atoms with Gasteiger partial charge in [-0.15, -0.1) is 10.2 Å². The normalized spacial score (nSPS) is 10.8. The van der Waals surface area contributed by atoms with E-state index in [9.17, 15) is 10.1 Å². The number of aromatic nitrogens is 3. The third-order valence-corrected chi connectivity index (χ3v) is 4.09. The zero-order chi connectivity index (χ0) is 15.5. The summed E-state index contributed by atoms with van der Waals surface area (Å²) in [4.78, 5) is 11.2. The maximum Gasteiger partial charge on any atom is 0.283 e. The number of nitro groups is 1. The van der Waals surface area contributed by atoms with Crippen LogP contribution in [0.1, 0.15) is 6.92 Å². The molecule has 0 amide bonds. The molecule has 0 radical (unpaired) electrons. The van der Waals surface area contributed by atoms with Crippen LogP contribution in [0.3, 0.4) is 0 Å². The van der Waals surface area contributed by atoms with Gasteiger partial charge < -0.3 is 4.42 Å². The van der Waals surface area contributed by atoms with Gasteiger partial charge in [0.25, 0.3) is 5.69 Å². The lowest BCUT2D eigenvalue weighted by atomic mass is 10.3. The van der Waals surface area contributed by atoms with E-state index in [1.165, 1.54) is 17.8 Å². The number of para-hydroxylation sites is 1. The molecular formula is C14H12N4O3S. The van der Waals surface area contributed by atoms with Gasteiger partial charge in [0.05, 0.1) is 16.1 Å². The number of nitro benzene ring substituents is 1. The van der Waals surface area contributed by atoms with Crippen molar-refractivity contribution in [1.82, 2.24) is 14.8 Å². The third kappa shape index (κ3) is 2.60. The molecule has 3 rings (SSSR count). The molecule has 112 valence electrons. The first-order valence-corrected chi connectivity index (χ1v) is 7.40. The molecule has 1 aromatic carbocycles. The molecule has 2 heterocycles. The van der Waals surface area contributed by atoms with E-state index in [1.54, 1.807) is 36.6 Å². The highest BCUT2D eigenvalue weighted by atomic mass is 32.2. The number of benzene rings is 1. The summed E-state index contributed by atoms with van der Waals surface area (Å²) in [5, 5.41) is 19.9. The first-order chi connectivity index (χ1) is 10.7. The van der Waals surface area contributed by atoms with Crippen LogP contribution in [-0.2, 0) is 6.54 Å². The highest BCUT2D eigenvalue weighted by Crippen LogP contribution is 2.35. The van der Waals surface area contributed by atoms with Crippen LogP contribution < -0.4 is 0 Å². The van der Waals surface area contributed by atoms with Crippen LogP contribution in [0.4, 0.5) is 5.69 Å². The predicted octanol–water partition coefficient (Wildman–Crippen LogP) is 3.62. The van der Waals surface area contributed by atoms with E-state index in [-0.39, 0.29) is 5.69 Å². The van der Waals surface area contributed by atoms with Gasteiger partial charge in [0.2, 0.25) is 0 Å². The van der Waals surface area contributed by atoms with E-state index in [1.807, 2.05) is 11.5 Å². The summed E-state index contributed by atoms with van der Waals surface area (Å²) in [6.45, 7) is 2.59. The van der Waals surface area contributed by atoms with Crippen molar-refractivity contribution >= 4 is 17.4 Å². The minimum absolute atomic E-state index is 0.0534. The van der Waals surface area contributed by atoms with E-state index in [0.717, 1.165) is 0 Å². The number of nitrogens with zero attached hydrogens (tertiary/aromatic N) is 4. The Morgan fingerprint density at radius 2 is 2.09 bits per heavy atom. The molecular weight excluding hydrogens is 304 g/mol. The molecule has 0 fully saturated rings. The molecule has 0 aliphatic carbocycles. The van der Waals surface area contributed by atoms with Gasteiger partial charge in [0.15, 0.2) is 16.7 Å². The summed E-state index contributed by atoms with van der Waals surface area (Å²) >= 11 is 1.22. The largest absolute Gasteiger partial charge is 0.461 e. The molecule has 0 bridgehead atoms. The summed E-state index contributed by atoms with van der Waals surface area (Å²) in [6.07, 6.45) is 1.57. The van der Waals surface area contributed by atoms with Crippen molar-refractivity contribution in [3.05, 3.63) is 52.8 Å². The number of hydrogen-bond acceptors (Lipinski definition) is 6. The van der Waals surface area contributed by atoms with E-state index >= 15 is 0 Å². The number of hydrogen-bond donors (Lipinski definition) is 0. The monoisotopic (exact) mass is 316 g/mol. The van der Waals surface area contributed by atoms with Crippen LogP contribution in [-0.4, -0.2) is 19.7 Å². The van der Waals surface area contributed by atoms with Crippen LogP contribution in [0.15, 0.2) is 57.1 Å². The summed E-state index contributed by atoms with van der Waals surface area (Å²) < 4.78 is 7.21. The molecule has 0 aliphatic heterocycles. The second-order valence-electron chi connectivity index (χ2n) is 4.35. The van der Waals surface area contributed by atoms with E-state index < -0.39 is 4.92 Å². The van der Waals surface area contributed by atoms with Gasteiger partial charge in [0, 0.05) is 12.6 Å². The van der Waals surface area contributed by atoms with Crippen LogP contribution in [0.25, 0.3) is 11.6 Å². The Bertz CT molecular complexity index is 798. The summed E-state index contributed by atoms with van der Waals surface area (Å²) in [5.74, 6) is 1.22. The van der Waals surface area contributed by atoms with Gasteiger partial charge in [-0.2, -0.15) is 0 Å². The standard InChI is InChI=1S/C14H12N4O3S/c1-2-17-13(11-7-5-9-21-11)15-16-14(17)22-12-8-4-3-6-10(12)18(19)20/h3-9H,2H2,1H3. The van der Waals surface area contributed by atoms with E-state index in [4.69, 9.17) is 4.42 Å².